The topological polar surface area (TPSA) is 159 Å². The zero-order valence-electron chi connectivity index (χ0n) is 26.4. The number of nitrogens with zero attached hydrogens (tertiary/aromatic N) is 3. The van der Waals surface area contributed by atoms with Crippen molar-refractivity contribution in [3.8, 4) is 0 Å². The van der Waals surface area contributed by atoms with Crippen LogP contribution in [0.1, 0.15) is 101 Å². The first kappa shape index (κ1) is 35.7. The molecule has 0 radical (unpaired) electrons. The van der Waals surface area contributed by atoms with Gasteiger partial charge < -0.3 is 19.7 Å². The highest BCUT2D eigenvalue weighted by Gasteiger charge is 2.30. The second-order valence-corrected chi connectivity index (χ2v) is 11.5. The summed E-state index contributed by atoms with van der Waals surface area (Å²) in [6, 6.07) is 5.50. The van der Waals surface area contributed by atoms with Crippen molar-refractivity contribution in [3.05, 3.63) is 66.8 Å². The third-order valence-corrected chi connectivity index (χ3v) is 8.68. The molecule has 0 spiro atoms. The summed E-state index contributed by atoms with van der Waals surface area (Å²) in [5.41, 5.74) is -2.98. The van der Waals surface area contributed by atoms with Crippen LogP contribution in [0.4, 0.5) is 0 Å². The van der Waals surface area contributed by atoms with Gasteiger partial charge in [0.25, 0.3) is 0 Å². The summed E-state index contributed by atoms with van der Waals surface area (Å²) in [5.74, 6) is -1.43. The number of aromatic nitrogens is 3. The van der Waals surface area contributed by atoms with Crippen molar-refractivity contribution in [1.82, 2.24) is 13.7 Å². The van der Waals surface area contributed by atoms with Crippen LogP contribution in [0.3, 0.4) is 0 Å². The fraction of sp³-hybridized carbons (Fsp3) is 0.645. The second-order valence-electron chi connectivity index (χ2n) is 11.5. The summed E-state index contributed by atoms with van der Waals surface area (Å²) in [7, 11) is 0. The van der Waals surface area contributed by atoms with Crippen molar-refractivity contribution >= 4 is 11.9 Å². The van der Waals surface area contributed by atoms with E-state index in [4.69, 9.17) is 9.47 Å². The number of hydrogen-bond donors (Lipinski definition) is 2. The lowest BCUT2D eigenvalue weighted by molar-refractivity contribution is 0.0109. The van der Waals surface area contributed by atoms with Gasteiger partial charge in [-0.3, -0.25) is 0 Å². The standard InChI is InChI=1S/C31H47N3O9/c1-8-30(6,9-2)17-23(35)19-42-25(37)21-13-15-22(16-14-21)26(38)43-20-24(36)18-33-27(39)32(12-5)28(40)34(29(33)41)31(7,10-3)11-4/h13-16,23-24,35-36H,8-12,17-20H2,1-7H3. The zero-order chi connectivity index (χ0) is 32.5. The van der Waals surface area contributed by atoms with Gasteiger partial charge in [-0.2, -0.15) is 0 Å². The molecule has 1 aromatic heterocycles. The number of esters is 2. The Labute approximate surface area is 251 Å². The van der Waals surface area contributed by atoms with E-state index >= 15 is 0 Å². The van der Waals surface area contributed by atoms with E-state index < -0.39 is 59.9 Å². The Hall–Kier alpha value is -3.51. The molecule has 2 atom stereocenters. The number of carbonyl (C=O) groups is 2. The van der Waals surface area contributed by atoms with Gasteiger partial charge in [-0.1, -0.05) is 47.5 Å². The van der Waals surface area contributed by atoms with E-state index in [1.54, 1.807) is 13.8 Å². The first-order chi connectivity index (χ1) is 20.2. The first-order valence-corrected chi connectivity index (χ1v) is 15.0. The van der Waals surface area contributed by atoms with Crippen LogP contribution in [0.15, 0.2) is 38.6 Å². The molecular weight excluding hydrogens is 558 g/mol. The van der Waals surface area contributed by atoms with E-state index in [9.17, 15) is 34.2 Å². The second kappa shape index (κ2) is 15.3. The minimum atomic E-state index is -1.41. The summed E-state index contributed by atoms with van der Waals surface area (Å²) in [6.07, 6.45) is 1.03. The Morgan fingerprint density at radius 1 is 0.721 bits per heavy atom. The van der Waals surface area contributed by atoms with Crippen molar-refractivity contribution in [2.75, 3.05) is 13.2 Å². The third kappa shape index (κ3) is 8.54. The molecule has 240 valence electrons. The van der Waals surface area contributed by atoms with Gasteiger partial charge in [-0.05, 0) is 62.8 Å². The Morgan fingerprint density at radius 3 is 1.58 bits per heavy atom. The average Bonchev–Trinajstić information content (AvgIpc) is 3.00. The lowest BCUT2D eigenvalue weighted by Gasteiger charge is -2.29. The number of aliphatic hydroxyl groups excluding tert-OH is 2. The van der Waals surface area contributed by atoms with E-state index in [0.29, 0.717) is 19.3 Å². The molecule has 43 heavy (non-hydrogen) atoms. The van der Waals surface area contributed by atoms with Gasteiger partial charge in [-0.15, -0.1) is 0 Å². The molecular formula is C31H47N3O9. The van der Waals surface area contributed by atoms with Gasteiger partial charge in [0.2, 0.25) is 0 Å². The summed E-state index contributed by atoms with van der Waals surface area (Å²) in [4.78, 5) is 64.1. The van der Waals surface area contributed by atoms with Crippen molar-refractivity contribution in [2.24, 2.45) is 5.41 Å². The summed E-state index contributed by atoms with van der Waals surface area (Å²) >= 11 is 0. The molecule has 2 aromatic rings. The summed E-state index contributed by atoms with van der Waals surface area (Å²) in [5, 5.41) is 20.8. The molecule has 1 heterocycles. The molecule has 0 aliphatic heterocycles. The molecule has 2 unspecified atom stereocenters. The molecule has 0 saturated heterocycles. The van der Waals surface area contributed by atoms with Crippen molar-refractivity contribution < 1.29 is 29.3 Å². The van der Waals surface area contributed by atoms with Crippen LogP contribution in [-0.2, 0) is 28.1 Å². The van der Waals surface area contributed by atoms with Gasteiger partial charge in [0.15, 0.2) is 0 Å². The van der Waals surface area contributed by atoms with Crippen molar-refractivity contribution in [3.63, 3.8) is 0 Å². The number of aliphatic hydroxyl groups is 2. The third-order valence-electron chi connectivity index (χ3n) is 8.68. The lowest BCUT2D eigenvalue weighted by Crippen LogP contribution is -2.60. The van der Waals surface area contributed by atoms with Crippen molar-refractivity contribution in [2.45, 2.75) is 111 Å². The highest BCUT2D eigenvalue weighted by atomic mass is 16.5. The van der Waals surface area contributed by atoms with Gasteiger partial charge in [0.1, 0.15) is 19.3 Å². The Bertz CT molecular complexity index is 1410. The van der Waals surface area contributed by atoms with Crippen LogP contribution in [0.2, 0.25) is 0 Å². The number of carbonyl (C=O) groups excluding carboxylic acids is 2. The van der Waals surface area contributed by atoms with E-state index in [1.165, 1.54) is 24.3 Å². The normalized spacial score (nSPS) is 13.4. The van der Waals surface area contributed by atoms with E-state index in [0.717, 1.165) is 26.5 Å². The molecule has 2 rings (SSSR count). The van der Waals surface area contributed by atoms with Crippen LogP contribution in [0.25, 0.3) is 0 Å². The van der Waals surface area contributed by atoms with Gasteiger partial charge in [-0.25, -0.2) is 37.7 Å². The van der Waals surface area contributed by atoms with Crippen molar-refractivity contribution in [1.29, 1.82) is 0 Å². The van der Waals surface area contributed by atoms with Crippen LogP contribution in [0.5, 0.6) is 0 Å². The fourth-order valence-electron chi connectivity index (χ4n) is 4.77. The number of benzene rings is 1. The van der Waals surface area contributed by atoms with E-state index in [2.05, 4.69) is 20.8 Å². The molecule has 0 fully saturated rings. The monoisotopic (exact) mass is 605 g/mol. The molecule has 0 bridgehead atoms. The minimum Gasteiger partial charge on any atom is -0.459 e. The highest BCUT2D eigenvalue weighted by molar-refractivity contribution is 5.93. The maximum Gasteiger partial charge on any atom is 0.338 e. The first-order valence-electron chi connectivity index (χ1n) is 15.0. The Morgan fingerprint density at radius 2 is 1.16 bits per heavy atom. The summed E-state index contributed by atoms with van der Waals surface area (Å²) < 4.78 is 13.2. The molecule has 0 aliphatic rings. The Kier molecular flexibility index (Phi) is 12.7. The largest absolute Gasteiger partial charge is 0.459 e. The number of ether oxygens (including phenoxy) is 2. The molecule has 0 amide bonds. The molecule has 0 saturated carbocycles. The zero-order valence-corrected chi connectivity index (χ0v) is 26.4. The maximum atomic E-state index is 13.2. The van der Waals surface area contributed by atoms with Gasteiger partial charge in [0.05, 0.1) is 29.3 Å². The summed E-state index contributed by atoms with van der Waals surface area (Å²) in [6.45, 7) is 12.1. The van der Waals surface area contributed by atoms with Crippen LogP contribution in [-0.4, -0.2) is 61.3 Å². The van der Waals surface area contributed by atoms with Crippen LogP contribution < -0.4 is 17.1 Å². The maximum absolute atomic E-state index is 13.2. The lowest BCUT2D eigenvalue weighted by atomic mass is 9.80. The molecule has 12 nitrogen and oxygen atoms in total. The fourth-order valence-corrected chi connectivity index (χ4v) is 4.77. The highest BCUT2D eigenvalue weighted by Crippen LogP contribution is 2.31. The average molecular weight is 606 g/mol. The van der Waals surface area contributed by atoms with Gasteiger partial charge in [0, 0.05) is 6.54 Å². The molecule has 0 aliphatic carbocycles. The smallest absolute Gasteiger partial charge is 0.338 e. The predicted octanol–water partition coefficient (Wildman–Crippen LogP) is 2.68. The SMILES string of the molecule is CCn1c(=O)n(CC(O)COC(=O)c2ccc(C(=O)OCC(O)CC(C)(CC)CC)cc2)c(=O)n(C(C)(CC)CC)c1=O. The van der Waals surface area contributed by atoms with E-state index in [1.807, 2.05) is 13.8 Å². The van der Waals surface area contributed by atoms with E-state index in [-0.39, 0.29) is 29.7 Å². The van der Waals surface area contributed by atoms with Crippen LogP contribution in [0, 0.1) is 5.41 Å². The number of rotatable bonds is 16. The predicted molar refractivity (Wildman–Crippen MR) is 161 cm³/mol. The quantitative estimate of drug-likeness (QED) is 0.274. The Balaban J connectivity index is 2.06. The molecule has 2 N–H and O–H groups in total. The number of hydrogen-bond acceptors (Lipinski definition) is 9. The minimum absolute atomic E-state index is 0.0355. The van der Waals surface area contributed by atoms with Gasteiger partial charge >= 0.3 is 29.0 Å². The molecule has 1 aromatic carbocycles. The molecule has 12 heteroatoms. The van der Waals surface area contributed by atoms with Crippen LogP contribution >= 0.6 is 0 Å².